The number of hydrogen-bond acceptors (Lipinski definition) is 0. The summed E-state index contributed by atoms with van der Waals surface area (Å²) in [5.41, 5.74) is 3.02. The van der Waals surface area contributed by atoms with Crippen LogP contribution >= 0.6 is 0 Å². The minimum atomic E-state index is -0.0740. The summed E-state index contributed by atoms with van der Waals surface area (Å²) in [5.74, 6) is 0.176. The normalized spacial score (nSPS) is 13.4. The predicted molar refractivity (Wildman–Crippen MR) is 63.7 cm³/mol. The molecule has 82 valence electrons. The average molecular weight is 206 g/mol. The maximum Gasteiger partial charge on any atom is 0.126 e. The van der Waals surface area contributed by atoms with Gasteiger partial charge in [-0.05, 0) is 55.9 Å². The van der Waals surface area contributed by atoms with Crippen molar-refractivity contribution in [1.82, 2.24) is 0 Å². The molecule has 0 amide bonds. The Morgan fingerprint density at radius 2 is 1.87 bits per heavy atom. The smallest absolute Gasteiger partial charge is 0.126 e. The Balaban J connectivity index is 2.98. The molecule has 1 heteroatoms. The second kappa shape index (κ2) is 5.11. The van der Waals surface area contributed by atoms with Crippen molar-refractivity contribution in [2.75, 3.05) is 0 Å². The quantitative estimate of drug-likeness (QED) is 0.638. The first kappa shape index (κ1) is 12.0. The van der Waals surface area contributed by atoms with E-state index in [0.717, 1.165) is 17.5 Å². The number of hydrogen-bond donors (Lipinski definition) is 0. The van der Waals surface area contributed by atoms with Crippen molar-refractivity contribution in [3.63, 3.8) is 0 Å². The lowest BCUT2D eigenvalue weighted by Crippen LogP contribution is -1.98. The molecular weight excluding hydrogens is 187 g/mol. The molecule has 1 aromatic rings. The van der Waals surface area contributed by atoms with Gasteiger partial charge in [0.15, 0.2) is 0 Å². The lowest BCUT2D eigenvalue weighted by molar-refractivity contribution is 0.588. The van der Waals surface area contributed by atoms with Crippen LogP contribution in [0.2, 0.25) is 0 Å². The highest BCUT2D eigenvalue weighted by Gasteiger charge is 2.10. The molecule has 1 aromatic carbocycles. The summed E-state index contributed by atoms with van der Waals surface area (Å²) in [5, 5.41) is 0. The SMILES string of the molecule is C/C=C\CC(C)c1cc(C)c(C)cc1F. The van der Waals surface area contributed by atoms with Crippen molar-refractivity contribution < 1.29 is 4.39 Å². The van der Waals surface area contributed by atoms with Gasteiger partial charge in [0.2, 0.25) is 0 Å². The van der Waals surface area contributed by atoms with E-state index in [1.807, 2.05) is 32.9 Å². The van der Waals surface area contributed by atoms with Crippen LogP contribution in [0.4, 0.5) is 4.39 Å². The molecule has 1 unspecified atom stereocenters. The molecule has 0 radical (unpaired) electrons. The lowest BCUT2D eigenvalue weighted by Gasteiger charge is -2.13. The maximum absolute atomic E-state index is 13.7. The number of aryl methyl sites for hydroxylation is 2. The third-order valence-corrected chi connectivity index (χ3v) is 2.87. The Bertz CT molecular complexity index is 364. The van der Waals surface area contributed by atoms with E-state index < -0.39 is 0 Å². The molecule has 0 aliphatic heterocycles. The topological polar surface area (TPSA) is 0 Å². The van der Waals surface area contributed by atoms with Gasteiger partial charge in [-0.25, -0.2) is 4.39 Å². The molecule has 0 saturated carbocycles. The molecule has 1 atom stereocenters. The van der Waals surface area contributed by atoms with Crippen LogP contribution in [0.5, 0.6) is 0 Å². The molecular formula is C14H19F. The van der Waals surface area contributed by atoms with Crippen LogP contribution < -0.4 is 0 Å². The third kappa shape index (κ3) is 2.92. The summed E-state index contributed by atoms with van der Waals surface area (Å²) >= 11 is 0. The Morgan fingerprint density at radius 3 is 2.47 bits per heavy atom. The number of allylic oxidation sites excluding steroid dienone is 2. The molecule has 0 aliphatic rings. The second-order valence-corrected chi connectivity index (χ2v) is 4.16. The van der Waals surface area contributed by atoms with Gasteiger partial charge in [0, 0.05) is 0 Å². The number of benzene rings is 1. The third-order valence-electron chi connectivity index (χ3n) is 2.87. The highest BCUT2D eigenvalue weighted by Crippen LogP contribution is 2.25. The molecule has 0 aromatic heterocycles. The predicted octanol–water partition coefficient (Wildman–Crippen LogP) is 4.51. The van der Waals surface area contributed by atoms with Crippen LogP contribution in [-0.4, -0.2) is 0 Å². The number of halogens is 1. The molecule has 0 spiro atoms. The average Bonchev–Trinajstić information content (AvgIpc) is 2.20. The van der Waals surface area contributed by atoms with Gasteiger partial charge in [-0.1, -0.05) is 25.1 Å². The van der Waals surface area contributed by atoms with Crippen LogP contribution in [0.1, 0.15) is 42.9 Å². The summed E-state index contributed by atoms with van der Waals surface area (Å²) in [6.45, 7) is 8.02. The molecule has 0 saturated heterocycles. The first-order chi connectivity index (χ1) is 7.06. The molecule has 0 heterocycles. The molecule has 1 rings (SSSR count). The van der Waals surface area contributed by atoms with Crippen molar-refractivity contribution in [3.05, 3.63) is 46.8 Å². The van der Waals surface area contributed by atoms with E-state index in [1.54, 1.807) is 6.07 Å². The van der Waals surface area contributed by atoms with Crippen molar-refractivity contribution in [2.45, 2.75) is 40.0 Å². The van der Waals surface area contributed by atoms with Gasteiger partial charge in [0.25, 0.3) is 0 Å². The zero-order valence-corrected chi connectivity index (χ0v) is 9.97. The maximum atomic E-state index is 13.7. The zero-order chi connectivity index (χ0) is 11.4. The Hall–Kier alpha value is -1.11. The summed E-state index contributed by atoms with van der Waals surface area (Å²) < 4.78 is 13.7. The van der Waals surface area contributed by atoms with E-state index in [2.05, 4.69) is 13.0 Å². The first-order valence-electron chi connectivity index (χ1n) is 5.44. The van der Waals surface area contributed by atoms with Crippen molar-refractivity contribution in [3.8, 4) is 0 Å². The summed E-state index contributed by atoms with van der Waals surface area (Å²) in [6.07, 6.45) is 4.99. The molecule has 0 N–H and O–H groups in total. The van der Waals surface area contributed by atoms with Crippen LogP contribution in [0, 0.1) is 19.7 Å². The monoisotopic (exact) mass is 206 g/mol. The lowest BCUT2D eigenvalue weighted by atomic mass is 9.94. The van der Waals surface area contributed by atoms with E-state index in [1.165, 1.54) is 5.56 Å². The Morgan fingerprint density at radius 1 is 1.27 bits per heavy atom. The minimum absolute atomic E-state index is 0.0740. The van der Waals surface area contributed by atoms with E-state index >= 15 is 0 Å². The molecule has 0 nitrogen and oxygen atoms in total. The van der Waals surface area contributed by atoms with Gasteiger partial charge in [-0.2, -0.15) is 0 Å². The minimum Gasteiger partial charge on any atom is -0.207 e. The second-order valence-electron chi connectivity index (χ2n) is 4.16. The van der Waals surface area contributed by atoms with E-state index in [0.29, 0.717) is 0 Å². The van der Waals surface area contributed by atoms with Crippen molar-refractivity contribution in [1.29, 1.82) is 0 Å². The Labute approximate surface area is 91.8 Å². The van der Waals surface area contributed by atoms with E-state index in [4.69, 9.17) is 0 Å². The van der Waals surface area contributed by atoms with Crippen LogP contribution in [-0.2, 0) is 0 Å². The van der Waals surface area contributed by atoms with Crippen molar-refractivity contribution in [2.24, 2.45) is 0 Å². The summed E-state index contributed by atoms with van der Waals surface area (Å²) in [7, 11) is 0. The zero-order valence-electron chi connectivity index (χ0n) is 9.97. The van der Waals surface area contributed by atoms with Gasteiger partial charge in [-0.3, -0.25) is 0 Å². The summed E-state index contributed by atoms with van der Waals surface area (Å²) in [4.78, 5) is 0. The molecule has 0 aliphatic carbocycles. The Kier molecular flexibility index (Phi) is 4.07. The first-order valence-corrected chi connectivity index (χ1v) is 5.44. The van der Waals surface area contributed by atoms with E-state index in [-0.39, 0.29) is 11.7 Å². The summed E-state index contributed by atoms with van der Waals surface area (Å²) in [6, 6.07) is 3.61. The largest absolute Gasteiger partial charge is 0.207 e. The van der Waals surface area contributed by atoms with Gasteiger partial charge < -0.3 is 0 Å². The number of rotatable bonds is 3. The van der Waals surface area contributed by atoms with E-state index in [9.17, 15) is 4.39 Å². The van der Waals surface area contributed by atoms with Crippen LogP contribution in [0.3, 0.4) is 0 Å². The standard InChI is InChI=1S/C14H19F/c1-5-6-7-10(2)13-8-11(3)12(4)9-14(13)15/h5-6,8-10H,7H2,1-4H3/b6-5-. The highest BCUT2D eigenvalue weighted by molar-refractivity contribution is 5.33. The van der Waals surface area contributed by atoms with Crippen molar-refractivity contribution >= 4 is 0 Å². The molecule has 0 fully saturated rings. The fourth-order valence-corrected chi connectivity index (χ4v) is 1.65. The van der Waals surface area contributed by atoms with Gasteiger partial charge >= 0.3 is 0 Å². The van der Waals surface area contributed by atoms with Crippen LogP contribution in [0.25, 0.3) is 0 Å². The fourth-order valence-electron chi connectivity index (χ4n) is 1.65. The highest BCUT2D eigenvalue weighted by atomic mass is 19.1. The molecule has 15 heavy (non-hydrogen) atoms. The van der Waals surface area contributed by atoms with Gasteiger partial charge in [0.1, 0.15) is 5.82 Å². The van der Waals surface area contributed by atoms with Gasteiger partial charge in [-0.15, -0.1) is 0 Å². The fraction of sp³-hybridized carbons (Fsp3) is 0.429. The molecule has 0 bridgehead atoms. The van der Waals surface area contributed by atoms with Gasteiger partial charge in [0.05, 0.1) is 0 Å². The van der Waals surface area contributed by atoms with Crippen LogP contribution in [0.15, 0.2) is 24.3 Å².